The van der Waals surface area contributed by atoms with E-state index in [0.717, 1.165) is 17.7 Å². The molecule has 0 heterocycles. The summed E-state index contributed by atoms with van der Waals surface area (Å²) in [6, 6.07) is 6.78. The van der Waals surface area contributed by atoms with E-state index in [1.54, 1.807) is 19.2 Å². The van der Waals surface area contributed by atoms with Gasteiger partial charge in [-0.1, -0.05) is 11.6 Å². The predicted molar refractivity (Wildman–Crippen MR) is 91.0 cm³/mol. The molecule has 0 aliphatic carbocycles. The molecule has 0 aromatic heterocycles. The van der Waals surface area contributed by atoms with Gasteiger partial charge in [-0.05, 0) is 30.7 Å². The van der Waals surface area contributed by atoms with Gasteiger partial charge in [-0.3, -0.25) is 4.79 Å². The molecule has 0 spiro atoms. The van der Waals surface area contributed by atoms with Gasteiger partial charge in [-0.15, -0.1) is 0 Å². The summed E-state index contributed by atoms with van der Waals surface area (Å²) in [5.74, 6) is -1.79. The number of benzene rings is 2. The maximum absolute atomic E-state index is 13.3. The van der Waals surface area contributed by atoms with Crippen molar-refractivity contribution in [2.75, 3.05) is 30.9 Å². The van der Waals surface area contributed by atoms with Crippen molar-refractivity contribution >= 4 is 28.9 Å². The minimum Gasteiger partial charge on any atom is -0.495 e. The van der Waals surface area contributed by atoms with Crippen LogP contribution in [-0.4, -0.2) is 26.6 Å². The highest BCUT2D eigenvalue weighted by atomic mass is 35.5. The van der Waals surface area contributed by atoms with Gasteiger partial charge in [0.05, 0.1) is 19.3 Å². The highest BCUT2D eigenvalue weighted by molar-refractivity contribution is 6.31. The molecule has 2 aromatic carbocycles. The summed E-state index contributed by atoms with van der Waals surface area (Å²) < 4.78 is 31.4. The zero-order valence-corrected chi connectivity index (χ0v) is 14.2. The lowest BCUT2D eigenvalue weighted by Gasteiger charge is -2.19. The second-order valence-electron chi connectivity index (χ2n) is 5.30. The summed E-state index contributed by atoms with van der Waals surface area (Å²) in [6.45, 7) is 1.76. The van der Waals surface area contributed by atoms with Crippen LogP contribution in [0.5, 0.6) is 5.75 Å². The van der Waals surface area contributed by atoms with E-state index in [9.17, 15) is 13.6 Å². The van der Waals surface area contributed by atoms with Crippen molar-refractivity contribution in [2.24, 2.45) is 0 Å². The zero-order chi connectivity index (χ0) is 17.9. The van der Waals surface area contributed by atoms with Crippen molar-refractivity contribution in [2.45, 2.75) is 6.92 Å². The first-order valence-corrected chi connectivity index (χ1v) is 7.49. The Morgan fingerprint density at radius 1 is 1.25 bits per heavy atom. The summed E-state index contributed by atoms with van der Waals surface area (Å²) in [7, 11) is 3.08. The smallest absolute Gasteiger partial charge is 0.243 e. The second kappa shape index (κ2) is 7.49. The first kappa shape index (κ1) is 18.0. The quantitative estimate of drug-likeness (QED) is 0.882. The van der Waals surface area contributed by atoms with Gasteiger partial charge in [0.1, 0.15) is 5.75 Å². The Hall–Kier alpha value is -2.34. The fourth-order valence-electron chi connectivity index (χ4n) is 2.15. The topological polar surface area (TPSA) is 41.6 Å². The van der Waals surface area contributed by atoms with E-state index >= 15 is 0 Å². The molecule has 0 saturated carbocycles. The molecule has 1 N–H and O–H groups in total. The number of carbonyl (C=O) groups is 1. The van der Waals surface area contributed by atoms with Gasteiger partial charge in [0.25, 0.3) is 0 Å². The van der Waals surface area contributed by atoms with Crippen LogP contribution < -0.4 is 15.0 Å². The first-order chi connectivity index (χ1) is 11.3. The lowest BCUT2D eigenvalue weighted by Crippen LogP contribution is -2.30. The number of rotatable bonds is 5. The average Bonchev–Trinajstić information content (AvgIpc) is 2.53. The Morgan fingerprint density at radius 3 is 2.58 bits per heavy atom. The van der Waals surface area contributed by atoms with Gasteiger partial charge >= 0.3 is 0 Å². The van der Waals surface area contributed by atoms with Crippen molar-refractivity contribution < 1.29 is 18.3 Å². The van der Waals surface area contributed by atoms with Crippen LogP contribution in [0, 0.1) is 18.6 Å². The Morgan fingerprint density at radius 2 is 1.96 bits per heavy atom. The minimum absolute atomic E-state index is 0.0457. The van der Waals surface area contributed by atoms with Crippen molar-refractivity contribution in [1.29, 1.82) is 0 Å². The number of aryl methyl sites for hydroxylation is 1. The Kier molecular flexibility index (Phi) is 5.62. The summed E-state index contributed by atoms with van der Waals surface area (Å²) in [4.78, 5) is 13.7. The lowest BCUT2D eigenvalue weighted by atomic mass is 10.2. The average molecular weight is 355 g/mol. The predicted octanol–water partition coefficient (Wildman–Crippen LogP) is 4.01. The van der Waals surface area contributed by atoms with E-state index in [0.29, 0.717) is 22.1 Å². The SMILES string of the molecule is COc1cc(Cl)c(C)cc1NC(=O)CN(C)c1ccc(F)c(F)c1. The van der Waals surface area contributed by atoms with Gasteiger partial charge in [-0.25, -0.2) is 8.78 Å². The molecule has 0 unspecified atom stereocenters. The number of nitrogens with one attached hydrogen (secondary N) is 1. The fourth-order valence-corrected chi connectivity index (χ4v) is 2.30. The van der Waals surface area contributed by atoms with Crippen molar-refractivity contribution in [3.8, 4) is 5.75 Å². The van der Waals surface area contributed by atoms with E-state index in [2.05, 4.69) is 5.32 Å². The molecule has 2 rings (SSSR count). The molecule has 0 atom stereocenters. The molecule has 0 bridgehead atoms. The summed E-state index contributed by atoms with van der Waals surface area (Å²) in [6.07, 6.45) is 0. The first-order valence-electron chi connectivity index (χ1n) is 7.12. The van der Waals surface area contributed by atoms with Crippen molar-refractivity contribution in [1.82, 2.24) is 0 Å². The van der Waals surface area contributed by atoms with Crippen molar-refractivity contribution in [3.63, 3.8) is 0 Å². The van der Waals surface area contributed by atoms with Crippen molar-refractivity contribution in [3.05, 3.63) is 52.6 Å². The summed E-state index contributed by atoms with van der Waals surface area (Å²) in [5, 5.41) is 3.26. The monoisotopic (exact) mass is 354 g/mol. The molecule has 0 fully saturated rings. The number of amides is 1. The highest BCUT2D eigenvalue weighted by Gasteiger charge is 2.13. The van der Waals surface area contributed by atoms with Crippen LogP contribution in [-0.2, 0) is 4.79 Å². The standard InChI is InChI=1S/C17H17ClF2N2O2/c1-10-6-15(16(24-3)8-12(10)18)21-17(23)9-22(2)11-4-5-13(19)14(20)7-11/h4-8H,9H2,1-3H3,(H,21,23). The molecule has 1 amide bonds. The lowest BCUT2D eigenvalue weighted by molar-refractivity contribution is -0.114. The van der Waals surface area contributed by atoms with Crippen LogP contribution in [0.3, 0.4) is 0 Å². The minimum atomic E-state index is -0.963. The van der Waals surface area contributed by atoms with Crippen LogP contribution in [0.4, 0.5) is 20.2 Å². The van der Waals surface area contributed by atoms with Crippen LogP contribution in [0.25, 0.3) is 0 Å². The number of methoxy groups -OCH3 is 1. The maximum atomic E-state index is 13.3. The van der Waals surface area contributed by atoms with Gasteiger partial charge in [-0.2, -0.15) is 0 Å². The second-order valence-corrected chi connectivity index (χ2v) is 5.71. The molecule has 7 heteroatoms. The van der Waals surface area contributed by atoms with Gasteiger partial charge < -0.3 is 15.0 Å². The van der Waals surface area contributed by atoms with E-state index in [-0.39, 0.29) is 12.5 Å². The summed E-state index contributed by atoms with van der Waals surface area (Å²) in [5.41, 5.74) is 1.67. The normalized spacial score (nSPS) is 10.4. The number of nitrogens with zero attached hydrogens (tertiary/aromatic N) is 1. The molecule has 0 aliphatic rings. The van der Waals surface area contributed by atoms with Gasteiger partial charge in [0, 0.05) is 29.9 Å². The van der Waals surface area contributed by atoms with Gasteiger partial charge in [0.15, 0.2) is 11.6 Å². The number of carbonyl (C=O) groups excluding carboxylic acids is 1. The van der Waals surface area contributed by atoms with Crippen LogP contribution >= 0.6 is 11.6 Å². The Balaban J connectivity index is 2.10. The molecule has 0 aliphatic heterocycles. The third-order valence-electron chi connectivity index (χ3n) is 3.48. The van der Waals surface area contributed by atoms with Crippen LogP contribution in [0.2, 0.25) is 5.02 Å². The Bertz CT molecular complexity index is 768. The number of likely N-dealkylation sites (N-methyl/N-ethyl adjacent to an activating group) is 1. The molecule has 4 nitrogen and oxygen atoms in total. The highest BCUT2D eigenvalue weighted by Crippen LogP contribution is 2.31. The van der Waals surface area contributed by atoms with E-state index in [1.807, 2.05) is 6.92 Å². The van der Waals surface area contributed by atoms with Crippen LogP contribution in [0.1, 0.15) is 5.56 Å². The maximum Gasteiger partial charge on any atom is 0.243 e. The number of ether oxygens (including phenoxy) is 1. The zero-order valence-electron chi connectivity index (χ0n) is 13.5. The number of hydrogen-bond donors (Lipinski definition) is 1. The van der Waals surface area contributed by atoms with E-state index < -0.39 is 11.6 Å². The molecule has 128 valence electrons. The van der Waals surface area contributed by atoms with Gasteiger partial charge in [0.2, 0.25) is 5.91 Å². The molecule has 0 radical (unpaired) electrons. The number of hydrogen-bond acceptors (Lipinski definition) is 3. The Labute approximate surface area is 144 Å². The van der Waals surface area contributed by atoms with E-state index in [1.165, 1.54) is 18.1 Å². The number of halogens is 3. The molecular formula is C17H17ClF2N2O2. The third kappa shape index (κ3) is 4.14. The molecule has 2 aromatic rings. The van der Waals surface area contributed by atoms with Crippen LogP contribution in [0.15, 0.2) is 30.3 Å². The fraction of sp³-hybridized carbons (Fsp3) is 0.235. The van der Waals surface area contributed by atoms with E-state index in [4.69, 9.17) is 16.3 Å². The summed E-state index contributed by atoms with van der Waals surface area (Å²) >= 11 is 6.03. The number of anilines is 2. The third-order valence-corrected chi connectivity index (χ3v) is 3.89. The molecule has 24 heavy (non-hydrogen) atoms. The molecule has 0 saturated heterocycles. The largest absolute Gasteiger partial charge is 0.495 e. The molecular weight excluding hydrogens is 338 g/mol.